The van der Waals surface area contributed by atoms with Crippen LogP contribution in [0.25, 0.3) is 0 Å². The number of halogens is 1. The molecule has 3 aromatic rings. The molecule has 0 saturated carbocycles. The fraction of sp³-hybridized carbons (Fsp3) is 0.333. The van der Waals surface area contributed by atoms with Crippen molar-refractivity contribution in [2.75, 3.05) is 6.61 Å². The summed E-state index contributed by atoms with van der Waals surface area (Å²) < 4.78 is 21.6. The van der Waals surface area contributed by atoms with E-state index in [1.165, 1.54) is 6.07 Å². The van der Waals surface area contributed by atoms with Crippen LogP contribution in [-0.4, -0.2) is 32.3 Å². The van der Waals surface area contributed by atoms with Gasteiger partial charge >= 0.3 is 0 Å². The fourth-order valence-corrected chi connectivity index (χ4v) is 3.27. The predicted octanol–water partition coefficient (Wildman–Crippen LogP) is 2.42. The molecule has 0 saturated heterocycles. The number of nitrogens with zero attached hydrogens (tertiary/aromatic N) is 5. The molecule has 1 unspecified atom stereocenters. The third-order valence-corrected chi connectivity index (χ3v) is 5.09. The molecule has 156 valence electrons. The molecule has 0 aliphatic carbocycles. The summed E-state index contributed by atoms with van der Waals surface area (Å²) in [5.41, 5.74) is 1.36. The zero-order valence-corrected chi connectivity index (χ0v) is 17.0. The summed E-state index contributed by atoms with van der Waals surface area (Å²) in [6, 6.07) is 10.9. The maximum absolute atomic E-state index is 14.0. The number of hydrogen-bond donors (Lipinski definition) is 2. The Morgan fingerprint density at radius 1 is 1.27 bits per heavy atom. The standard InChI is InChI=1S/C21H24FN7O/c1-14-27-28-20(29(14)2)13-25-21(24-12-18-16(22)7-5-10-23-18)26-17-9-11-30-19-8-4-3-6-15(17)19/h3-8,10,17H,9,11-13H2,1-2H3,(H2,24,25,26). The molecule has 9 heteroatoms. The molecule has 0 fully saturated rings. The van der Waals surface area contributed by atoms with Gasteiger partial charge < -0.3 is 19.9 Å². The Morgan fingerprint density at radius 3 is 2.93 bits per heavy atom. The first-order chi connectivity index (χ1) is 14.6. The molecule has 0 spiro atoms. The lowest BCUT2D eigenvalue weighted by molar-refractivity contribution is 0.261. The minimum Gasteiger partial charge on any atom is -0.493 e. The number of aromatic nitrogens is 4. The molecule has 2 aromatic heterocycles. The van der Waals surface area contributed by atoms with Crippen LogP contribution in [0.5, 0.6) is 5.75 Å². The molecular weight excluding hydrogens is 385 g/mol. The van der Waals surface area contributed by atoms with Crippen LogP contribution in [0.4, 0.5) is 4.39 Å². The van der Waals surface area contributed by atoms with Gasteiger partial charge in [0.25, 0.3) is 0 Å². The van der Waals surface area contributed by atoms with E-state index < -0.39 is 0 Å². The molecule has 30 heavy (non-hydrogen) atoms. The van der Waals surface area contributed by atoms with Crippen molar-refractivity contribution >= 4 is 5.96 Å². The van der Waals surface area contributed by atoms with Gasteiger partial charge in [0.1, 0.15) is 17.4 Å². The van der Waals surface area contributed by atoms with Crippen molar-refractivity contribution in [1.82, 2.24) is 30.4 Å². The molecule has 1 aliphatic heterocycles. The van der Waals surface area contributed by atoms with E-state index >= 15 is 0 Å². The Bertz CT molecular complexity index is 1050. The van der Waals surface area contributed by atoms with Gasteiger partial charge in [-0.1, -0.05) is 18.2 Å². The van der Waals surface area contributed by atoms with Crippen LogP contribution < -0.4 is 15.4 Å². The van der Waals surface area contributed by atoms with Crippen LogP contribution in [0.1, 0.15) is 35.4 Å². The van der Waals surface area contributed by atoms with Crippen molar-refractivity contribution in [1.29, 1.82) is 0 Å². The summed E-state index contributed by atoms with van der Waals surface area (Å²) >= 11 is 0. The van der Waals surface area contributed by atoms with E-state index in [4.69, 9.17) is 4.74 Å². The van der Waals surface area contributed by atoms with Crippen LogP contribution in [0.2, 0.25) is 0 Å². The highest BCUT2D eigenvalue weighted by Crippen LogP contribution is 2.31. The molecule has 3 heterocycles. The van der Waals surface area contributed by atoms with Crippen LogP contribution in [0, 0.1) is 12.7 Å². The summed E-state index contributed by atoms with van der Waals surface area (Å²) in [4.78, 5) is 8.65. The number of benzene rings is 1. The Balaban J connectivity index is 1.54. The van der Waals surface area contributed by atoms with E-state index in [0.717, 1.165) is 29.4 Å². The van der Waals surface area contributed by atoms with Crippen LogP contribution in [-0.2, 0) is 20.1 Å². The average Bonchev–Trinajstić information content (AvgIpc) is 3.09. The second kappa shape index (κ2) is 8.89. The average molecular weight is 409 g/mol. The second-order valence-corrected chi connectivity index (χ2v) is 7.04. The molecule has 0 amide bonds. The van der Waals surface area contributed by atoms with Gasteiger partial charge in [-0.15, -0.1) is 10.2 Å². The highest BCUT2D eigenvalue weighted by Gasteiger charge is 2.22. The summed E-state index contributed by atoms with van der Waals surface area (Å²) in [6.45, 7) is 3.05. The lowest BCUT2D eigenvalue weighted by Crippen LogP contribution is -2.41. The highest BCUT2D eigenvalue weighted by atomic mass is 19.1. The number of rotatable bonds is 5. The minimum atomic E-state index is -0.374. The number of nitrogens with one attached hydrogen (secondary N) is 2. The van der Waals surface area contributed by atoms with Gasteiger partial charge in [-0.25, -0.2) is 9.38 Å². The minimum absolute atomic E-state index is 0.0241. The van der Waals surface area contributed by atoms with Crippen LogP contribution in [0.3, 0.4) is 0 Å². The number of aliphatic imine (C=N–C) groups is 1. The lowest BCUT2D eigenvalue weighted by Gasteiger charge is -2.28. The van der Waals surface area contributed by atoms with Crippen molar-refractivity contribution in [3.63, 3.8) is 0 Å². The van der Waals surface area contributed by atoms with Crippen molar-refractivity contribution in [3.8, 4) is 5.75 Å². The predicted molar refractivity (Wildman–Crippen MR) is 110 cm³/mol. The smallest absolute Gasteiger partial charge is 0.192 e. The topological polar surface area (TPSA) is 89.2 Å². The van der Waals surface area contributed by atoms with Crippen molar-refractivity contribution in [3.05, 3.63) is 71.3 Å². The maximum Gasteiger partial charge on any atom is 0.192 e. The Hall–Kier alpha value is -3.49. The van der Waals surface area contributed by atoms with Gasteiger partial charge in [-0.05, 0) is 25.1 Å². The van der Waals surface area contributed by atoms with Crippen LogP contribution in [0.15, 0.2) is 47.6 Å². The van der Waals surface area contributed by atoms with E-state index in [1.54, 1.807) is 12.3 Å². The van der Waals surface area contributed by atoms with Crippen molar-refractivity contribution < 1.29 is 9.13 Å². The molecule has 1 aromatic carbocycles. The number of aryl methyl sites for hydroxylation is 1. The van der Waals surface area contributed by atoms with Gasteiger partial charge in [0, 0.05) is 25.2 Å². The SMILES string of the molecule is Cc1nnc(CNC(=NCc2ncccc2F)NC2CCOc3ccccc32)n1C. The lowest BCUT2D eigenvalue weighted by atomic mass is 10.0. The largest absolute Gasteiger partial charge is 0.493 e. The van der Waals surface area contributed by atoms with Crippen molar-refractivity contribution in [2.45, 2.75) is 32.5 Å². The monoisotopic (exact) mass is 409 g/mol. The molecular formula is C21H24FN7O. The molecule has 1 aliphatic rings. The molecule has 1 atom stereocenters. The highest BCUT2D eigenvalue weighted by molar-refractivity contribution is 5.80. The number of pyridine rings is 1. The number of para-hydroxylation sites is 1. The summed E-state index contributed by atoms with van der Waals surface area (Å²) in [5, 5.41) is 15.0. The van der Waals surface area contributed by atoms with Gasteiger partial charge in [0.15, 0.2) is 11.8 Å². The number of hydrogen-bond acceptors (Lipinski definition) is 5. The molecule has 2 N–H and O–H groups in total. The number of fused-ring (bicyclic) bond motifs is 1. The number of guanidine groups is 1. The van der Waals surface area contributed by atoms with Gasteiger partial charge in [0.2, 0.25) is 0 Å². The van der Waals surface area contributed by atoms with E-state index in [0.29, 0.717) is 24.8 Å². The third-order valence-electron chi connectivity index (χ3n) is 5.09. The van der Waals surface area contributed by atoms with E-state index in [1.807, 2.05) is 42.8 Å². The van der Waals surface area contributed by atoms with Gasteiger partial charge in [0.05, 0.1) is 31.4 Å². The first-order valence-corrected chi connectivity index (χ1v) is 9.82. The Labute approximate surface area is 174 Å². The van der Waals surface area contributed by atoms with E-state index in [2.05, 4.69) is 30.8 Å². The molecule has 8 nitrogen and oxygen atoms in total. The maximum atomic E-state index is 14.0. The van der Waals surface area contributed by atoms with Gasteiger partial charge in [-0.2, -0.15) is 0 Å². The molecule has 0 radical (unpaired) electrons. The van der Waals surface area contributed by atoms with Crippen molar-refractivity contribution in [2.24, 2.45) is 12.0 Å². The number of ether oxygens (including phenoxy) is 1. The summed E-state index contributed by atoms with van der Waals surface area (Å²) in [6.07, 6.45) is 2.35. The first kappa shape index (κ1) is 19.8. The van der Waals surface area contributed by atoms with Gasteiger partial charge in [-0.3, -0.25) is 4.98 Å². The van der Waals surface area contributed by atoms with E-state index in [-0.39, 0.29) is 18.4 Å². The first-order valence-electron chi connectivity index (χ1n) is 9.82. The normalized spacial score (nSPS) is 16.0. The summed E-state index contributed by atoms with van der Waals surface area (Å²) in [5.74, 6) is 2.63. The van der Waals surface area contributed by atoms with E-state index in [9.17, 15) is 4.39 Å². The molecule has 0 bridgehead atoms. The fourth-order valence-electron chi connectivity index (χ4n) is 3.27. The zero-order valence-electron chi connectivity index (χ0n) is 17.0. The Kier molecular flexibility index (Phi) is 5.87. The third kappa shape index (κ3) is 4.40. The molecule has 4 rings (SSSR count). The zero-order chi connectivity index (χ0) is 20.9. The summed E-state index contributed by atoms with van der Waals surface area (Å²) in [7, 11) is 1.91. The Morgan fingerprint density at radius 2 is 2.13 bits per heavy atom. The second-order valence-electron chi connectivity index (χ2n) is 7.04. The van der Waals surface area contributed by atoms with Crippen LogP contribution >= 0.6 is 0 Å². The quantitative estimate of drug-likeness (QED) is 0.497.